The molecule has 1 aliphatic rings. The van der Waals surface area contributed by atoms with Crippen LogP contribution in [0.1, 0.15) is 25.3 Å². The molecule has 2 aromatic rings. The molecule has 5 nitrogen and oxygen atoms in total. The molecular weight excluding hydrogens is 352 g/mol. The van der Waals surface area contributed by atoms with Gasteiger partial charge >= 0.3 is 0 Å². The molecule has 0 heterocycles. The summed E-state index contributed by atoms with van der Waals surface area (Å²) in [5.74, 6) is 0.500. The first-order valence-electron chi connectivity index (χ1n) is 8.57. The zero-order valence-electron chi connectivity index (χ0n) is 14.7. The molecule has 26 heavy (non-hydrogen) atoms. The number of hydrogen-bond acceptors (Lipinski definition) is 3. The van der Waals surface area contributed by atoms with E-state index in [1.807, 2.05) is 6.92 Å². The van der Waals surface area contributed by atoms with Gasteiger partial charge in [-0.25, -0.2) is 0 Å². The van der Waals surface area contributed by atoms with Crippen LogP contribution in [0, 0.1) is 12.8 Å². The van der Waals surface area contributed by atoms with E-state index < -0.39 is 6.10 Å². The molecule has 1 saturated carbocycles. The van der Waals surface area contributed by atoms with Gasteiger partial charge in [-0.3, -0.25) is 9.59 Å². The molecular formula is C20H21ClN2O3. The first kappa shape index (κ1) is 18.3. The monoisotopic (exact) mass is 372 g/mol. The van der Waals surface area contributed by atoms with Crippen LogP contribution in [0.15, 0.2) is 42.5 Å². The molecule has 0 radical (unpaired) electrons. The Morgan fingerprint density at radius 2 is 1.81 bits per heavy atom. The lowest BCUT2D eigenvalue weighted by atomic mass is 10.2. The van der Waals surface area contributed by atoms with E-state index in [2.05, 4.69) is 10.6 Å². The molecule has 2 aromatic carbocycles. The maximum Gasteiger partial charge on any atom is 0.265 e. The van der Waals surface area contributed by atoms with Crippen LogP contribution in [0.2, 0.25) is 5.02 Å². The Hall–Kier alpha value is -2.53. The number of carbonyl (C=O) groups excluding carboxylic acids is 2. The number of halogens is 1. The van der Waals surface area contributed by atoms with E-state index >= 15 is 0 Å². The molecule has 0 aromatic heterocycles. The van der Waals surface area contributed by atoms with E-state index in [0.717, 1.165) is 18.4 Å². The first-order valence-corrected chi connectivity index (χ1v) is 8.95. The molecule has 1 aliphatic carbocycles. The van der Waals surface area contributed by atoms with Crippen molar-refractivity contribution >= 4 is 34.8 Å². The van der Waals surface area contributed by atoms with Gasteiger partial charge in [0.15, 0.2) is 6.10 Å². The third-order valence-corrected chi connectivity index (χ3v) is 4.39. The standard InChI is InChI=1S/C20H21ClN2O3/c1-12-10-15(21)8-9-18(12)26-13(2)19(24)22-16-4-3-5-17(11-16)23-20(25)14-6-7-14/h3-5,8-11,13-14H,6-7H2,1-2H3,(H,22,24)(H,23,25). The van der Waals surface area contributed by atoms with Crippen molar-refractivity contribution in [3.8, 4) is 5.75 Å². The number of anilines is 2. The largest absolute Gasteiger partial charge is 0.481 e. The van der Waals surface area contributed by atoms with Gasteiger partial charge in [-0.1, -0.05) is 17.7 Å². The molecule has 1 atom stereocenters. The van der Waals surface area contributed by atoms with E-state index in [4.69, 9.17) is 16.3 Å². The van der Waals surface area contributed by atoms with Crippen LogP contribution in [0.5, 0.6) is 5.75 Å². The summed E-state index contributed by atoms with van der Waals surface area (Å²) in [5, 5.41) is 6.30. The maximum atomic E-state index is 12.4. The molecule has 1 unspecified atom stereocenters. The maximum absolute atomic E-state index is 12.4. The third kappa shape index (κ3) is 4.76. The summed E-state index contributed by atoms with van der Waals surface area (Å²) in [6.07, 6.45) is 1.21. The number of hydrogen-bond donors (Lipinski definition) is 2. The number of carbonyl (C=O) groups is 2. The van der Waals surface area contributed by atoms with Crippen molar-refractivity contribution in [3.05, 3.63) is 53.1 Å². The van der Waals surface area contributed by atoms with Crippen molar-refractivity contribution in [2.24, 2.45) is 5.92 Å². The molecule has 6 heteroatoms. The Morgan fingerprint density at radius 1 is 1.12 bits per heavy atom. The number of benzene rings is 2. The topological polar surface area (TPSA) is 67.4 Å². The second-order valence-electron chi connectivity index (χ2n) is 6.50. The Kier molecular flexibility index (Phi) is 5.47. The predicted octanol–water partition coefficient (Wildman–Crippen LogP) is 4.40. The van der Waals surface area contributed by atoms with Crippen LogP contribution >= 0.6 is 11.6 Å². The third-order valence-electron chi connectivity index (χ3n) is 4.16. The zero-order valence-corrected chi connectivity index (χ0v) is 15.5. The lowest BCUT2D eigenvalue weighted by molar-refractivity contribution is -0.122. The minimum atomic E-state index is -0.681. The normalized spacial score (nSPS) is 14.4. The summed E-state index contributed by atoms with van der Waals surface area (Å²) >= 11 is 5.93. The Labute approximate surface area is 157 Å². The van der Waals surface area contributed by atoms with E-state index in [1.54, 1.807) is 49.4 Å². The van der Waals surface area contributed by atoms with Gasteiger partial charge in [-0.2, -0.15) is 0 Å². The molecule has 2 N–H and O–H groups in total. The predicted molar refractivity (Wildman–Crippen MR) is 103 cm³/mol. The van der Waals surface area contributed by atoms with Crippen molar-refractivity contribution in [2.75, 3.05) is 10.6 Å². The Morgan fingerprint density at radius 3 is 2.46 bits per heavy atom. The van der Waals surface area contributed by atoms with Gasteiger partial charge in [-0.15, -0.1) is 0 Å². The van der Waals surface area contributed by atoms with E-state index in [0.29, 0.717) is 22.1 Å². The number of aryl methyl sites for hydroxylation is 1. The van der Waals surface area contributed by atoms with E-state index in [-0.39, 0.29) is 17.7 Å². The van der Waals surface area contributed by atoms with Crippen molar-refractivity contribution in [1.82, 2.24) is 0 Å². The van der Waals surface area contributed by atoms with Gasteiger partial charge < -0.3 is 15.4 Å². The lowest BCUT2D eigenvalue weighted by Gasteiger charge is -2.17. The quantitative estimate of drug-likeness (QED) is 0.789. The van der Waals surface area contributed by atoms with Crippen LogP contribution in [0.25, 0.3) is 0 Å². The van der Waals surface area contributed by atoms with Gasteiger partial charge in [0.05, 0.1) is 0 Å². The molecule has 0 aliphatic heterocycles. The van der Waals surface area contributed by atoms with Gasteiger partial charge in [0.1, 0.15) is 5.75 Å². The molecule has 0 saturated heterocycles. The molecule has 2 amide bonds. The minimum Gasteiger partial charge on any atom is -0.481 e. The van der Waals surface area contributed by atoms with Crippen LogP contribution in [-0.2, 0) is 9.59 Å². The van der Waals surface area contributed by atoms with Crippen LogP contribution < -0.4 is 15.4 Å². The highest BCUT2D eigenvalue weighted by Gasteiger charge is 2.29. The average Bonchev–Trinajstić information content (AvgIpc) is 3.42. The molecule has 0 spiro atoms. The molecule has 136 valence electrons. The highest BCUT2D eigenvalue weighted by Crippen LogP contribution is 2.30. The van der Waals surface area contributed by atoms with Gasteiger partial charge in [0.25, 0.3) is 5.91 Å². The van der Waals surface area contributed by atoms with Gasteiger partial charge in [-0.05, 0) is 68.7 Å². The Balaban J connectivity index is 1.60. The summed E-state index contributed by atoms with van der Waals surface area (Å²) in [4.78, 5) is 24.2. The fourth-order valence-electron chi connectivity index (χ4n) is 2.50. The highest BCUT2D eigenvalue weighted by molar-refractivity contribution is 6.30. The number of rotatable bonds is 6. The Bertz CT molecular complexity index is 834. The van der Waals surface area contributed by atoms with Crippen LogP contribution in [-0.4, -0.2) is 17.9 Å². The smallest absolute Gasteiger partial charge is 0.265 e. The van der Waals surface area contributed by atoms with Crippen molar-refractivity contribution < 1.29 is 14.3 Å². The minimum absolute atomic E-state index is 0.0309. The second-order valence-corrected chi connectivity index (χ2v) is 6.94. The average molecular weight is 373 g/mol. The van der Waals surface area contributed by atoms with Crippen molar-refractivity contribution in [2.45, 2.75) is 32.8 Å². The number of nitrogens with one attached hydrogen (secondary N) is 2. The summed E-state index contributed by atoms with van der Waals surface area (Å²) in [5.41, 5.74) is 2.13. The van der Waals surface area contributed by atoms with Gasteiger partial charge in [0, 0.05) is 22.3 Å². The SMILES string of the molecule is Cc1cc(Cl)ccc1OC(C)C(=O)Nc1cccc(NC(=O)C2CC2)c1. The fourth-order valence-corrected chi connectivity index (χ4v) is 2.72. The molecule has 1 fully saturated rings. The number of ether oxygens (including phenoxy) is 1. The lowest BCUT2D eigenvalue weighted by Crippen LogP contribution is -2.30. The summed E-state index contributed by atoms with van der Waals surface area (Å²) in [6.45, 7) is 3.56. The number of amides is 2. The summed E-state index contributed by atoms with van der Waals surface area (Å²) in [6, 6.07) is 12.3. The zero-order chi connectivity index (χ0) is 18.7. The fraction of sp³-hybridized carbons (Fsp3) is 0.300. The summed E-state index contributed by atoms with van der Waals surface area (Å²) < 4.78 is 5.73. The highest BCUT2D eigenvalue weighted by atomic mass is 35.5. The van der Waals surface area contributed by atoms with Crippen LogP contribution in [0.4, 0.5) is 11.4 Å². The molecule has 3 rings (SSSR count). The summed E-state index contributed by atoms with van der Waals surface area (Å²) in [7, 11) is 0. The van der Waals surface area contributed by atoms with E-state index in [9.17, 15) is 9.59 Å². The molecule has 0 bridgehead atoms. The van der Waals surface area contributed by atoms with Gasteiger partial charge in [0.2, 0.25) is 5.91 Å². The first-order chi connectivity index (χ1) is 12.4. The van der Waals surface area contributed by atoms with Crippen LogP contribution in [0.3, 0.4) is 0 Å². The second kappa shape index (κ2) is 7.79. The van der Waals surface area contributed by atoms with Crippen molar-refractivity contribution in [3.63, 3.8) is 0 Å². The van der Waals surface area contributed by atoms with Crippen molar-refractivity contribution in [1.29, 1.82) is 0 Å². The van der Waals surface area contributed by atoms with E-state index in [1.165, 1.54) is 0 Å².